The van der Waals surface area contributed by atoms with Crippen molar-refractivity contribution in [3.05, 3.63) is 12.2 Å². The van der Waals surface area contributed by atoms with Gasteiger partial charge in [0, 0.05) is 44.5 Å². The zero-order valence-corrected chi connectivity index (χ0v) is 63.7. The van der Waals surface area contributed by atoms with E-state index < -0.39 is 29.6 Å². The minimum atomic E-state index is -0.708. The molecule has 38 nitrogen and oxygen atoms in total. The average Bonchev–Trinajstić information content (AvgIpc) is 1.74. The first-order valence-electron chi connectivity index (χ1n) is 37.4. The van der Waals surface area contributed by atoms with E-state index in [0.717, 1.165) is 4.90 Å². The molecule has 1 saturated heterocycles. The van der Waals surface area contributed by atoms with Crippen LogP contribution in [0.1, 0.15) is 25.7 Å². The van der Waals surface area contributed by atoms with Gasteiger partial charge in [-0.1, -0.05) is 0 Å². The first kappa shape index (κ1) is 99.9. The predicted octanol–water partition coefficient (Wildman–Crippen LogP) is -1.12. The summed E-state index contributed by atoms with van der Waals surface area (Å²) in [5, 5.41) is 3.20. The van der Waals surface area contributed by atoms with Gasteiger partial charge in [-0.15, -0.1) is 5.06 Å². The molecule has 38 heteroatoms. The van der Waals surface area contributed by atoms with E-state index in [9.17, 15) is 28.8 Å². The van der Waals surface area contributed by atoms with E-state index in [1.165, 1.54) is 12.2 Å². The van der Waals surface area contributed by atoms with E-state index in [2.05, 4.69) is 5.32 Å². The number of ether oxygens (including phenoxy) is 28. The third kappa shape index (κ3) is 70.9. The van der Waals surface area contributed by atoms with Crippen LogP contribution in [-0.4, -0.2) is 429 Å². The molecule has 108 heavy (non-hydrogen) atoms. The minimum absolute atomic E-state index is 0.0417. The van der Waals surface area contributed by atoms with Gasteiger partial charge < -0.3 is 143 Å². The molecule has 2 aliphatic heterocycles. The average molecular weight is 1570 g/mol. The Labute approximate surface area is 636 Å². The molecule has 632 valence electrons. The Morgan fingerprint density at radius 1 is 0.241 bits per heavy atom. The second-order valence-electron chi connectivity index (χ2n) is 22.2. The first-order valence-corrected chi connectivity index (χ1v) is 37.4. The summed E-state index contributed by atoms with van der Waals surface area (Å²) in [6, 6.07) is 0. The number of hydrogen-bond acceptors (Lipinski definition) is 35. The Bertz CT molecular complexity index is 2030. The normalized spacial score (nSPS) is 13.1. The summed E-state index contributed by atoms with van der Waals surface area (Å²) in [6.07, 6.45) is 2.43. The van der Waals surface area contributed by atoms with Gasteiger partial charge >= 0.3 is 5.97 Å². The smallest absolute Gasteiger partial charge is 0.335 e. The topological polar surface area (TPSA) is 389 Å². The Hall–Kier alpha value is -4.16. The van der Waals surface area contributed by atoms with Crippen molar-refractivity contribution >= 4 is 35.5 Å². The second kappa shape index (κ2) is 82.3. The van der Waals surface area contributed by atoms with Gasteiger partial charge in [0.15, 0.2) is 0 Å². The van der Waals surface area contributed by atoms with Crippen molar-refractivity contribution in [1.29, 1.82) is 0 Å². The number of nitrogens with one attached hydrogen (secondary N) is 1. The standard InChI is InChI=1S/C70H127N3O35/c74-65(5-8-72-66(75)1-2-67(72)76)71-7-10-81-12-14-83-16-18-85-20-22-87-24-26-89-28-30-91-32-34-93-36-38-95-40-42-97-44-46-99-48-50-101-52-54-103-56-58-105-60-62-107-64-63-106-61-59-104-57-55-102-53-51-100-49-47-98-45-43-96-41-39-94-37-35-92-33-31-90-29-27-88-25-23-86-21-19-84-17-15-82-13-11-80-9-6-70(79)108-73-68(77)3-4-69(73)78/h1-2H,3-64H2,(H,71,74). The Morgan fingerprint density at radius 2 is 0.407 bits per heavy atom. The van der Waals surface area contributed by atoms with Crippen molar-refractivity contribution in [2.24, 2.45) is 0 Å². The molecule has 2 aliphatic rings. The summed E-state index contributed by atoms with van der Waals surface area (Å²) in [7, 11) is 0. The predicted molar refractivity (Wildman–Crippen MR) is 378 cm³/mol. The highest BCUT2D eigenvalue weighted by Crippen LogP contribution is 2.13. The highest BCUT2D eigenvalue weighted by atomic mass is 16.7. The minimum Gasteiger partial charge on any atom is -0.378 e. The Balaban J connectivity index is 1.08. The lowest BCUT2D eigenvalue weighted by atomic mass is 10.3. The van der Waals surface area contributed by atoms with Crippen molar-refractivity contribution in [3.8, 4) is 0 Å². The SMILES string of the molecule is O=C(CCN1C(=O)C=CC1=O)NCCOCCOCCOCCOCCOCCOCCOCCOCCOCCOCCOCCOCCOCCOCCOCCOCCOCCOCCOCCOCCOCCOCCOCCOCCOCCOCCOCCOCCC(=O)ON1C(=O)CCC1=O. The molecule has 0 aromatic rings. The van der Waals surface area contributed by atoms with Crippen molar-refractivity contribution in [2.75, 3.05) is 383 Å². The molecule has 0 unspecified atom stereocenters. The summed E-state index contributed by atoms with van der Waals surface area (Å²) in [4.78, 5) is 75.3. The molecule has 0 aliphatic carbocycles. The zero-order chi connectivity index (χ0) is 77.1. The number of hydroxylamine groups is 2. The molecule has 0 bridgehead atoms. The van der Waals surface area contributed by atoms with Gasteiger partial charge in [0.2, 0.25) is 5.91 Å². The van der Waals surface area contributed by atoms with Crippen molar-refractivity contribution in [1.82, 2.24) is 15.3 Å². The van der Waals surface area contributed by atoms with Crippen LogP contribution in [0.25, 0.3) is 0 Å². The van der Waals surface area contributed by atoms with Crippen LogP contribution in [0, 0.1) is 0 Å². The maximum absolute atomic E-state index is 11.9. The van der Waals surface area contributed by atoms with Crippen molar-refractivity contribution in [2.45, 2.75) is 25.7 Å². The van der Waals surface area contributed by atoms with Gasteiger partial charge in [0.1, 0.15) is 0 Å². The zero-order valence-electron chi connectivity index (χ0n) is 63.7. The molecule has 0 aromatic carbocycles. The van der Waals surface area contributed by atoms with Crippen molar-refractivity contribution in [3.63, 3.8) is 0 Å². The van der Waals surface area contributed by atoms with Gasteiger partial charge in [0.05, 0.1) is 376 Å². The van der Waals surface area contributed by atoms with Crippen LogP contribution in [0.5, 0.6) is 0 Å². The Kier molecular flexibility index (Phi) is 76.1. The van der Waals surface area contributed by atoms with Gasteiger partial charge in [0.25, 0.3) is 23.6 Å². The molecule has 0 saturated carbocycles. The summed E-state index contributed by atoms with van der Waals surface area (Å²) < 4.78 is 154. The van der Waals surface area contributed by atoms with Crippen molar-refractivity contribution < 1.29 is 166 Å². The highest BCUT2D eigenvalue weighted by molar-refractivity contribution is 6.13. The summed E-state index contributed by atoms with van der Waals surface area (Å²) >= 11 is 0. The van der Waals surface area contributed by atoms with Crippen LogP contribution in [0.15, 0.2) is 12.2 Å². The third-order valence-corrected chi connectivity index (χ3v) is 13.7. The largest absolute Gasteiger partial charge is 0.378 e. The molecule has 0 spiro atoms. The Morgan fingerprint density at radius 3 is 0.593 bits per heavy atom. The summed E-state index contributed by atoms with van der Waals surface area (Å²) in [5.74, 6) is -2.82. The number of hydrogen-bond donors (Lipinski definition) is 1. The maximum Gasteiger partial charge on any atom is 0.335 e. The molecule has 1 fully saturated rings. The van der Waals surface area contributed by atoms with E-state index in [1.54, 1.807) is 0 Å². The molecular weight excluding hydrogens is 1440 g/mol. The lowest BCUT2D eigenvalue weighted by Crippen LogP contribution is -2.35. The van der Waals surface area contributed by atoms with E-state index in [1.807, 2.05) is 0 Å². The number of rotatable bonds is 91. The lowest BCUT2D eigenvalue weighted by Gasteiger charge is -2.13. The molecule has 5 amide bonds. The van der Waals surface area contributed by atoms with Crippen LogP contribution in [0.3, 0.4) is 0 Å². The molecule has 0 radical (unpaired) electrons. The van der Waals surface area contributed by atoms with Gasteiger partial charge in [-0.25, -0.2) is 4.79 Å². The van der Waals surface area contributed by atoms with Gasteiger partial charge in [-0.3, -0.25) is 28.9 Å². The fourth-order valence-corrected chi connectivity index (χ4v) is 8.22. The van der Waals surface area contributed by atoms with Crippen LogP contribution in [0.4, 0.5) is 0 Å². The highest BCUT2D eigenvalue weighted by Gasteiger charge is 2.32. The summed E-state index contributed by atoms with van der Waals surface area (Å²) in [5.41, 5.74) is 0. The molecule has 2 heterocycles. The molecule has 0 aromatic heterocycles. The van der Waals surface area contributed by atoms with Crippen LogP contribution in [-0.2, 0) is 166 Å². The second-order valence-corrected chi connectivity index (χ2v) is 22.2. The number of imide groups is 2. The molecule has 1 N–H and O–H groups in total. The van der Waals surface area contributed by atoms with Crippen LogP contribution < -0.4 is 5.32 Å². The van der Waals surface area contributed by atoms with E-state index in [0.29, 0.717) is 368 Å². The van der Waals surface area contributed by atoms with E-state index >= 15 is 0 Å². The molecule has 0 atom stereocenters. The first-order chi connectivity index (χ1) is 53.4. The number of nitrogens with zero attached hydrogens (tertiary/aromatic N) is 2. The third-order valence-electron chi connectivity index (χ3n) is 13.7. The fourth-order valence-electron chi connectivity index (χ4n) is 8.22. The van der Waals surface area contributed by atoms with E-state index in [4.69, 9.17) is 137 Å². The number of carbonyl (C=O) groups is 6. The monoisotopic (exact) mass is 1570 g/mol. The fraction of sp³-hybridized carbons (Fsp3) is 0.886. The lowest BCUT2D eigenvalue weighted by molar-refractivity contribution is -0.198. The van der Waals surface area contributed by atoms with Crippen LogP contribution in [0.2, 0.25) is 0 Å². The van der Waals surface area contributed by atoms with Crippen LogP contribution >= 0.6 is 0 Å². The van der Waals surface area contributed by atoms with E-state index in [-0.39, 0.29) is 51.3 Å². The summed E-state index contributed by atoms with van der Waals surface area (Å²) in [6.45, 7) is 25.0. The maximum atomic E-state index is 11.9. The molecule has 2 rings (SSSR count). The number of carbonyl (C=O) groups excluding carboxylic acids is 6. The number of amides is 5. The van der Waals surface area contributed by atoms with Gasteiger partial charge in [-0.2, -0.15) is 0 Å². The quantitative estimate of drug-likeness (QED) is 0.0557. The molecular formula is C70H127N3O35. The van der Waals surface area contributed by atoms with Gasteiger partial charge in [-0.05, 0) is 0 Å².